The summed E-state index contributed by atoms with van der Waals surface area (Å²) in [6.45, 7) is 0.821. The second-order valence-electron chi connectivity index (χ2n) is 6.42. The molecule has 0 saturated heterocycles. The van der Waals surface area contributed by atoms with Gasteiger partial charge in [-0.15, -0.1) is 11.3 Å². The number of aliphatic carboxylic acids is 1. The molecule has 3 rings (SSSR count). The molecule has 2 aromatic carbocycles. The first-order chi connectivity index (χ1) is 14.8. The minimum Gasteiger partial charge on any atom is -0.479 e. The Balaban J connectivity index is 1.95. The van der Waals surface area contributed by atoms with E-state index in [2.05, 4.69) is 15.9 Å². The van der Waals surface area contributed by atoms with Crippen LogP contribution in [0.15, 0.2) is 59.1 Å². The lowest BCUT2D eigenvalue weighted by Crippen LogP contribution is -2.22. The average molecular weight is 504 g/mol. The van der Waals surface area contributed by atoms with Crippen LogP contribution in [0.1, 0.15) is 16.6 Å². The Morgan fingerprint density at radius 3 is 2.45 bits per heavy atom. The minimum absolute atomic E-state index is 0.105. The maximum absolute atomic E-state index is 13.0. The van der Waals surface area contributed by atoms with Gasteiger partial charge in [0.2, 0.25) is 5.91 Å². The Labute approximate surface area is 191 Å². The van der Waals surface area contributed by atoms with Crippen molar-refractivity contribution in [2.45, 2.75) is 6.92 Å². The number of carbonyl (C=O) groups excluding carboxylic acids is 2. The van der Waals surface area contributed by atoms with E-state index in [-0.39, 0.29) is 22.3 Å². The van der Waals surface area contributed by atoms with Gasteiger partial charge >= 0.3 is 11.9 Å². The topological polar surface area (TPSA) is 93.1 Å². The van der Waals surface area contributed by atoms with Crippen molar-refractivity contribution in [3.8, 4) is 21.9 Å². The van der Waals surface area contributed by atoms with Gasteiger partial charge in [-0.1, -0.05) is 36.4 Å². The number of hydrogen-bond acceptors (Lipinski definition) is 6. The zero-order valence-electron chi connectivity index (χ0n) is 16.6. The molecule has 0 aliphatic rings. The van der Waals surface area contributed by atoms with Gasteiger partial charge in [0.1, 0.15) is 5.75 Å². The van der Waals surface area contributed by atoms with Crippen LogP contribution in [0.5, 0.6) is 11.5 Å². The maximum atomic E-state index is 13.0. The SMILES string of the molecule is CC(=O)N(C)c1cccc(OC(=O)c2sc(-c3ccccc3)c(Br)c2OCC(=O)O)c1. The van der Waals surface area contributed by atoms with Crippen LogP contribution in [0.3, 0.4) is 0 Å². The number of ether oxygens (including phenoxy) is 2. The molecule has 0 aliphatic heterocycles. The highest BCUT2D eigenvalue weighted by molar-refractivity contribution is 9.10. The Morgan fingerprint density at radius 1 is 1.10 bits per heavy atom. The van der Waals surface area contributed by atoms with E-state index in [4.69, 9.17) is 14.6 Å². The van der Waals surface area contributed by atoms with Crippen molar-refractivity contribution in [1.82, 2.24) is 0 Å². The van der Waals surface area contributed by atoms with Gasteiger partial charge in [0, 0.05) is 25.7 Å². The van der Waals surface area contributed by atoms with Gasteiger partial charge in [0.05, 0.1) is 9.35 Å². The van der Waals surface area contributed by atoms with Crippen LogP contribution >= 0.6 is 27.3 Å². The zero-order valence-corrected chi connectivity index (χ0v) is 19.0. The van der Waals surface area contributed by atoms with Crippen molar-refractivity contribution in [2.75, 3.05) is 18.6 Å². The van der Waals surface area contributed by atoms with Crippen LogP contribution in [0.25, 0.3) is 10.4 Å². The molecule has 1 aromatic heterocycles. The normalized spacial score (nSPS) is 10.4. The van der Waals surface area contributed by atoms with E-state index in [0.29, 0.717) is 15.0 Å². The highest BCUT2D eigenvalue weighted by atomic mass is 79.9. The summed E-state index contributed by atoms with van der Waals surface area (Å²) < 4.78 is 11.4. The molecular weight excluding hydrogens is 486 g/mol. The van der Waals surface area contributed by atoms with Gasteiger partial charge in [-0.05, 0) is 33.6 Å². The van der Waals surface area contributed by atoms with Crippen molar-refractivity contribution in [1.29, 1.82) is 0 Å². The molecule has 0 fully saturated rings. The number of carboxylic acid groups (broad SMARTS) is 1. The largest absolute Gasteiger partial charge is 0.479 e. The number of thiophene rings is 1. The van der Waals surface area contributed by atoms with E-state index < -0.39 is 18.5 Å². The van der Waals surface area contributed by atoms with Gasteiger partial charge in [-0.2, -0.15) is 0 Å². The number of rotatable bonds is 7. The van der Waals surface area contributed by atoms with Crippen molar-refractivity contribution in [2.24, 2.45) is 0 Å². The fourth-order valence-corrected chi connectivity index (χ4v) is 4.59. The third-order valence-corrected chi connectivity index (χ3v) is 6.48. The lowest BCUT2D eigenvalue weighted by Gasteiger charge is -2.15. The standard InChI is InChI=1S/C22H18BrNO6S/c1-13(25)24(2)15-9-6-10-16(11-15)30-22(28)21-19(29-12-17(26)27)18(23)20(31-21)14-7-4-3-5-8-14/h3-11H,12H2,1-2H3,(H,26,27). The molecule has 0 spiro atoms. The first-order valence-electron chi connectivity index (χ1n) is 9.06. The number of nitrogens with zero attached hydrogens (tertiary/aromatic N) is 1. The van der Waals surface area contributed by atoms with Gasteiger partial charge in [-0.3, -0.25) is 4.79 Å². The first-order valence-corrected chi connectivity index (χ1v) is 10.7. The first kappa shape index (κ1) is 22.5. The van der Waals surface area contributed by atoms with Crippen molar-refractivity contribution in [3.63, 3.8) is 0 Å². The smallest absolute Gasteiger partial charge is 0.357 e. The van der Waals surface area contributed by atoms with Gasteiger partial charge in [-0.25, -0.2) is 9.59 Å². The van der Waals surface area contributed by atoms with Crippen LogP contribution in [0, 0.1) is 0 Å². The minimum atomic E-state index is -1.17. The van der Waals surface area contributed by atoms with Crippen LogP contribution in [0.2, 0.25) is 0 Å². The van der Waals surface area contributed by atoms with Crippen molar-refractivity contribution in [3.05, 3.63) is 63.9 Å². The molecule has 1 amide bonds. The van der Waals surface area contributed by atoms with E-state index in [1.165, 1.54) is 11.8 Å². The van der Waals surface area contributed by atoms with Crippen molar-refractivity contribution < 1.29 is 29.0 Å². The molecule has 7 nitrogen and oxygen atoms in total. The molecule has 160 valence electrons. The zero-order chi connectivity index (χ0) is 22.5. The quantitative estimate of drug-likeness (QED) is 0.366. The molecule has 1 N–H and O–H groups in total. The second kappa shape index (κ2) is 9.76. The Hall–Kier alpha value is -3.17. The third kappa shape index (κ3) is 5.31. The molecule has 0 bridgehead atoms. The summed E-state index contributed by atoms with van der Waals surface area (Å²) in [6.07, 6.45) is 0. The van der Waals surface area contributed by atoms with Crippen LogP contribution in [-0.4, -0.2) is 36.6 Å². The number of esters is 1. The van der Waals surface area contributed by atoms with Crippen LogP contribution < -0.4 is 14.4 Å². The molecule has 1 heterocycles. The predicted octanol–water partition coefficient (Wildman–Crippen LogP) is 4.84. The fraction of sp³-hybridized carbons (Fsp3) is 0.136. The summed E-state index contributed by atoms with van der Waals surface area (Å²) in [5.41, 5.74) is 1.40. The second-order valence-corrected chi connectivity index (χ2v) is 8.23. The summed E-state index contributed by atoms with van der Waals surface area (Å²) in [5, 5.41) is 9.00. The molecule has 31 heavy (non-hydrogen) atoms. The van der Waals surface area contributed by atoms with Gasteiger partial charge in [0.15, 0.2) is 17.2 Å². The van der Waals surface area contributed by atoms with E-state index in [0.717, 1.165) is 16.9 Å². The molecule has 0 aliphatic carbocycles. The molecule has 9 heteroatoms. The molecular formula is C22H18BrNO6S. The summed E-state index contributed by atoms with van der Waals surface area (Å²) >= 11 is 4.56. The fourth-order valence-electron chi connectivity index (χ4n) is 2.66. The van der Waals surface area contributed by atoms with Crippen LogP contribution in [0.4, 0.5) is 5.69 Å². The summed E-state index contributed by atoms with van der Waals surface area (Å²) in [4.78, 5) is 37.8. The molecule has 0 radical (unpaired) electrons. The van der Waals surface area contributed by atoms with E-state index in [1.54, 1.807) is 31.3 Å². The Kier molecular flexibility index (Phi) is 7.09. The van der Waals surface area contributed by atoms with Gasteiger partial charge < -0.3 is 19.5 Å². The maximum Gasteiger partial charge on any atom is 0.357 e. The average Bonchev–Trinajstić information content (AvgIpc) is 3.08. The lowest BCUT2D eigenvalue weighted by atomic mass is 10.2. The van der Waals surface area contributed by atoms with E-state index in [9.17, 15) is 14.4 Å². The number of halogens is 1. The highest BCUT2D eigenvalue weighted by Crippen LogP contribution is 2.46. The summed E-state index contributed by atoms with van der Waals surface area (Å²) in [7, 11) is 1.61. The predicted molar refractivity (Wildman–Crippen MR) is 121 cm³/mol. The van der Waals surface area contributed by atoms with Gasteiger partial charge in [0.25, 0.3) is 0 Å². The highest BCUT2D eigenvalue weighted by Gasteiger charge is 2.26. The number of carboxylic acids is 1. The number of carbonyl (C=O) groups is 3. The monoisotopic (exact) mass is 503 g/mol. The number of benzene rings is 2. The summed E-state index contributed by atoms with van der Waals surface area (Å²) in [5.74, 6) is -1.68. The number of amides is 1. The molecule has 0 saturated carbocycles. The molecule has 3 aromatic rings. The van der Waals surface area contributed by atoms with E-state index >= 15 is 0 Å². The number of anilines is 1. The Bertz CT molecular complexity index is 1130. The Morgan fingerprint density at radius 2 is 1.81 bits per heavy atom. The summed E-state index contributed by atoms with van der Waals surface area (Å²) in [6, 6.07) is 15.9. The van der Waals surface area contributed by atoms with Crippen LogP contribution in [-0.2, 0) is 9.59 Å². The molecule has 0 atom stereocenters. The lowest BCUT2D eigenvalue weighted by molar-refractivity contribution is -0.139. The van der Waals surface area contributed by atoms with Crippen molar-refractivity contribution >= 4 is 50.8 Å². The third-order valence-electron chi connectivity index (χ3n) is 4.26. The number of hydrogen-bond donors (Lipinski definition) is 1. The van der Waals surface area contributed by atoms with E-state index in [1.807, 2.05) is 30.3 Å². The molecule has 0 unspecified atom stereocenters.